The number of nitrogens with one attached hydrogen (secondary N) is 3. The Bertz CT molecular complexity index is 711. The summed E-state index contributed by atoms with van der Waals surface area (Å²) in [6.07, 6.45) is 0. The number of hydrogen-bond donors (Lipinski definition) is 3. The maximum absolute atomic E-state index is 12.2. The molecule has 0 aliphatic carbocycles. The number of aromatic amines is 1. The molecule has 21 heavy (non-hydrogen) atoms. The quantitative estimate of drug-likeness (QED) is 0.689. The van der Waals surface area contributed by atoms with Gasteiger partial charge in [0.05, 0.1) is 10.9 Å². The molecule has 1 amide bonds. The van der Waals surface area contributed by atoms with Crippen molar-refractivity contribution in [3.8, 4) is 0 Å². The van der Waals surface area contributed by atoms with Crippen molar-refractivity contribution < 1.29 is 13.2 Å². The van der Waals surface area contributed by atoms with Gasteiger partial charge in [-0.05, 0) is 31.2 Å². The van der Waals surface area contributed by atoms with E-state index in [1.807, 2.05) is 0 Å². The molecule has 1 aromatic carbocycles. The monoisotopic (exact) mass is 310 g/mol. The summed E-state index contributed by atoms with van der Waals surface area (Å²) in [6, 6.07) is 4.96. The van der Waals surface area contributed by atoms with Crippen molar-refractivity contribution in [2.75, 3.05) is 7.05 Å². The Morgan fingerprint density at radius 1 is 1.29 bits per heavy atom. The molecule has 112 valence electrons. The first-order chi connectivity index (χ1) is 9.94. The van der Waals surface area contributed by atoms with Crippen molar-refractivity contribution in [2.24, 2.45) is 0 Å². The second-order valence-corrected chi connectivity index (χ2v) is 5.93. The van der Waals surface area contributed by atoms with E-state index in [0.29, 0.717) is 5.56 Å². The van der Waals surface area contributed by atoms with Crippen molar-refractivity contribution >= 4 is 15.9 Å². The van der Waals surface area contributed by atoms with Crippen LogP contribution in [-0.2, 0) is 10.0 Å². The highest BCUT2D eigenvalue weighted by atomic mass is 32.2. The van der Waals surface area contributed by atoms with E-state index in [1.54, 1.807) is 6.92 Å². The zero-order valence-corrected chi connectivity index (χ0v) is 12.2. The van der Waals surface area contributed by atoms with Gasteiger partial charge in [-0.25, -0.2) is 13.1 Å². The number of benzene rings is 1. The molecule has 2 aromatic rings. The molecular formula is C11H14N6O3S. The molecule has 0 fully saturated rings. The Hall–Kier alpha value is -2.33. The van der Waals surface area contributed by atoms with E-state index in [-0.39, 0.29) is 16.6 Å². The topological polar surface area (TPSA) is 130 Å². The van der Waals surface area contributed by atoms with E-state index < -0.39 is 16.1 Å². The highest BCUT2D eigenvalue weighted by molar-refractivity contribution is 7.89. The molecule has 0 spiro atoms. The standard InChI is InChI=1S/C11H14N6O3S/c1-7(10-13-16-17-14-10)15-21(19,20)9-5-3-8(4-6-9)11(18)12-2/h3-7,15H,1-2H3,(H,12,18)(H,13,14,16,17). The van der Waals surface area contributed by atoms with E-state index in [9.17, 15) is 13.2 Å². The fourth-order valence-corrected chi connectivity index (χ4v) is 2.84. The Labute approximate surface area is 121 Å². The molecule has 3 N–H and O–H groups in total. The maximum Gasteiger partial charge on any atom is 0.251 e. The Morgan fingerprint density at radius 3 is 2.48 bits per heavy atom. The third kappa shape index (κ3) is 3.41. The predicted molar refractivity (Wildman–Crippen MR) is 72.7 cm³/mol. The Morgan fingerprint density at radius 2 is 1.95 bits per heavy atom. The van der Waals surface area contributed by atoms with Crippen LogP contribution in [0.15, 0.2) is 29.2 Å². The van der Waals surface area contributed by atoms with Gasteiger partial charge in [0, 0.05) is 12.6 Å². The number of tetrazole rings is 1. The van der Waals surface area contributed by atoms with E-state index in [1.165, 1.54) is 31.3 Å². The number of H-pyrrole nitrogens is 1. The summed E-state index contributed by atoms with van der Waals surface area (Å²) in [5.41, 5.74) is 0.377. The molecule has 0 saturated carbocycles. The van der Waals surface area contributed by atoms with Crippen LogP contribution in [0.3, 0.4) is 0 Å². The van der Waals surface area contributed by atoms with Crippen LogP contribution in [0.25, 0.3) is 0 Å². The van der Waals surface area contributed by atoms with Crippen LogP contribution in [0.5, 0.6) is 0 Å². The molecule has 1 unspecified atom stereocenters. The lowest BCUT2D eigenvalue weighted by Crippen LogP contribution is -2.27. The number of carbonyl (C=O) groups is 1. The van der Waals surface area contributed by atoms with Crippen molar-refractivity contribution in [2.45, 2.75) is 17.9 Å². The largest absolute Gasteiger partial charge is 0.355 e. The highest BCUT2D eigenvalue weighted by Crippen LogP contribution is 2.14. The molecule has 0 saturated heterocycles. The van der Waals surface area contributed by atoms with E-state index in [4.69, 9.17) is 0 Å². The zero-order chi connectivity index (χ0) is 15.5. The number of rotatable bonds is 5. The summed E-state index contributed by atoms with van der Waals surface area (Å²) in [5.74, 6) is -0.0485. The van der Waals surface area contributed by atoms with E-state index in [0.717, 1.165) is 0 Å². The first-order valence-corrected chi connectivity index (χ1v) is 7.50. The van der Waals surface area contributed by atoms with Crippen molar-refractivity contribution in [3.05, 3.63) is 35.7 Å². The average molecular weight is 310 g/mol. The van der Waals surface area contributed by atoms with Crippen molar-refractivity contribution in [1.82, 2.24) is 30.7 Å². The van der Waals surface area contributed by atoms with Crippen molar-refractivity contribution in [3.63, 3.8) is 0 Å². The van der Waals surface area contributed by atoms with Crippen LogP contribution in [0.4, 0.5) is 0 Å². The van der Waals surface area contributed by atoms with E-state index in [2.05, 4.69) is 30.7 Å². The minimum Gasteiger partial charge on any atom is -0.355 e. The van der Waals surface area contributed by atoms with Crippen LogP contribution in [-0.4, -0.2) is 42.0 Å². The minimum atomic E-state index is -3.74. The third-order valence-electron chi connectivity index (χ3n) is 2.73. The van der Waals surface area contributed by atoms with Gasteiger partial charge < -0.3 is 5.32 Å². The molecule has 1 aromatic heterocycles. The Balaban J connectivity index is 2.18. The highest BCUT2D eigenvalue weighted by Gasteiger charge is 2.21. The van der Waals surface area contributed by atoms with Gasteiger partial charge in [0.15, 0.2) is 5.82 Å². The van der Waals surface area contributed by atoms with Crippen molar-refractivity contribution in [1.29, 1.82) is 0 Å². The SMILES string of the molecule is CNC(=O)c1ccc(S(=O)(=O)NC(C)c2nn[nH]n2)cc1. The molecule has 2 rings (SSSR count). The Kier molecular flexibility index (Phi) is 4.29. The van der Waals surface area contributed by atoms with Gasteiger partial charge in [-0.3, -0.25) is 4.79 Å². The zero-order valence-electron chi connectivity index (χ0n) is 11.4. The lowest BCUT2D eigenvalue weighted by Gasteiger charge is -2.11. The number of hydrogen-bond acceptors (Lipinski definition) is 6. The number of amides is 1. The molecule has 0 aliphatic rings. The molecule has 0 radical (unpaired) electrons. The maximum atomic E-state index is 12.2. The summed E-state index contributed by atoms with van der Waals surface area (Å²) >= 11 is 0. The lowest BCUT2D eigenvalue weighted by molar-refractivity contribution is 0.0963. The molecular weight excluding hydrogens is 296 g/mol. The average Bonchev–Trinajstić information content (AvgIpc) is 3.00. The molecule has 0 aliphatic heterocycles. The second-order valence-electron chi connectivity index (χ2n) is 4.22. The minimum absolute atomic E-state index is 0.0468. The smallest absolute Gasteiger partial charge is 0.251 e. The number of sulfonamides is 1. The van der Waals surface area contributed by atoms with E-state index >= 15 is 0 Å². The summed E-state index contributed by atoms with van der Waals surface area (Å²) in [5, 5.41) is 15.5. The van der Waals surface area contributed by atoms with Gasteiger partial charge >= 0.3 is 0 Å². The number of aromatic nitrogens is 4. The number of nitrogens with zero attached hydrogens (tertiary/aromatic N) is 3. The summed E-state index contributed by atoms with van der Waals surface area (Å²) in [4.78, 5) is 11.5. The van der Waals surface area contributed by atoms with Gasteiger partial charge in [-0.1, -0.05) is 5.21 Å². The van der Waals surface area contributed by atoms with Crippen LogP contribution >= 0.6 is 0 Å². The van der Waals surface area contributed by atoms with Gasteiger partial charge in [-0.2, -0.15) is 5.21 Å². The van der Waals surface area contributed by atoms with Crippen LogP contribution in [0, 0.1) is 0 Å². The van der Waals surface area contributed by atoms with Gasteiger partial charge in [0.2, 0.25) is 10.0 Å². The van der Waals surface area contributed by atoms with Crippen LogP contribution < -0.4 is 10.0 Å². The van der Waals surface area contributed by atoms with Gasteiger partial charge in [0.25, 0.3) is 5.91 Å². The molecule has 1 atom stereocenters. The first-order valence-electron chi connectivity index (χ1n) is 6.02. The summed E-state index contributed by atoms with van der Waals surface area (Å²) in [7, 11) is -2.24. The predicted octanol–water partition coefficient (Wildman–Crippen LogP) is -0.401. The third-order valence-corrected chi connectivity index (χ3v) is 4.29. The summed E-state index contributed by atoms with van der Waals surface area (Å²) < 4.78 is 26.8. The second kappa shape index (κ2) is 5.97. The molecule has 0 bridgehead atoms. The molecule has 10 heteroatoms. The molecule has 1 heterocycles. The number of carbonyl (C=O) groups excluding carboxylic acids is 1. The summed E-state index contributed by atoms with van der Waals surface area (Å²) in [6.45, 7) is 1.60. The van der Waals surface area contributed by atoms with Gasteiger partial charge in [0.1, 0.15) is 0 Å². The normalized spacial score (nSPS) is 12.9. The fraction of sp³-hybridized carbons (Fsp3) is 0.273. The van der Waals surface area contributed by atoms with Crippen LogP contribution in [0.2, 0.25) is 0 Å². The van der Waals surface area contributed by atoms with Gasteiger partial charge in [-0.15, -0.1) is 10.2 Å². The van der Waals surface area contributed by atoms with Crippen LogP contribution in [0.1, 0.15) is 29.1 Å². The first kappa shape index (κ1) is 15.1. The fourth-order valence-electron chi connectivity index (χ4n) is 1.64. The molecule has 9 nitrogen and oxygen atoms in total. The lowest BCUT2D eigenvalue weighted by atomic mass is 10.2.